The molecule has 0 aliphatic heterocycles. The highest BCUT2D eigenvalue weighted by atomic mass is 16.5. The van der Waals surface area contributed by atoms with Crippen LogP contribution in [0.4, 0.5) is 0 Å². The summed E-state index contributed by atoms with van der Waals surface area (Å²) < 4.78 is 5.28. The second-order valence-corrected chi connectivity index (χ2v) is 5.62. The molecular formula is C17H30N2O. The normalized spacial score (nSPS) is 13.1. The van der Waals surface area contributed by atoms with E-state index in [1.54, 1.807) is 7.11 Å². The highest BCUT2D eigenvalue weighted by Crippen LogP contribution is 2.21. The van der Waals surface area contributed by atoms with Crippen LogP contribution in [0.3, 0.4) is 0 Å². The third-order valence-electron chi connectivity index (χ3n) is 3.40. The Morgan fingerprint density at radius 1 is 1.20 bits per heavy atom. The summed E-state index contributed by atoms with van der Waals surface area (Å²) in [5.74, 6) is 0.652. The minimum absolute atomic E-state index is 0.411. The SMILES string of the molecule is CCNCC(c1ccccc1)N(CCOC)CC(C)C. The fourth-order valence-electron chi connectivity index (χ4n) is 2.47. The summed E-state index contributed by atoms with van der Waals surface area (Å²) in [6.07, 6.45) is 0. The predicted molar refractivity (Wildman–Crippen MR) is 86.0 cm³/mol. The minimum Gasteiger partial charge on any atom is -0.383 e. The fourth-order valence-corrected chi connectivity index (χ4v) is 2.47. The van der Waals surface area contributed by atoms with E-state index in [0.29, 0.717) is 12.0 Å². The molecule has 0 heterocycles. The Balaban J connectivity index is 2.85. The van der Waals surface area contributed by atoms with Gasteiger partial charge in [0.2, 0.25) is 0 Å². The number of likely N-dealkylation sites (N-methyl/N-ethyl adjacent to an activating group) is 1. The summed E-state index contributed by atoms with van der Waals surface area (Å²) in [4.78, 5) is 2.53. The van der Waals surface area contributed by atoms with E-state index in [4.69, 9.17) is 4.74 Å². The molecule has 0 saturated carbocycles. The molecule has 0 aliphatic carbocycles. The average molecular weight is 278 g/mol. The van der Waals surface area contributed by atoms with Crippen LogP contribution in [-0.4, -0.2) is 44.8 Å². The molecule has 0 radical (unpaired) electrons. The van der Waals surface area contributed by atoms with E-state index in [-0.39, 0.29) is 0 Å². The van der Waals surface area contributed by atoms with Crippen molar-refractivity contribution in [3.05, 3.63) is 35.9 Å². The number of nitrogens with zero attached hydrogens (tertiary/aromatic N) is 1. The summed E-state index contributed by atoms with van der Waals surface area (Å²) in [5, 5.41) is 3.49. The third kappa shape index (κ3) is 6.04. The van der Waals surface area contributed by atoms with Crippen molar-refractivity contribution >= 4 is 0 Å². The molecule has 3 heteroatoms. The number of ether oxygens (including phenoxy) is 1. The van der Waals surface area contributed by atoms with Crippen LogP contribution in [0.1, 0.15) is 32.4 Å². The van der Waals surface area contributed by atoms with E-state index in [1.807, 2.05) is 0 Å². The van der Waals surface area contributed by atoms with Gasteiger partial charge >= 0.3 is 0 Å². The molecule has 114 valence electrons. The monoisotopic (exact) mass is 278 g/mol. The lowest BCUT2D eigenvalue weighted by Gasteiger charge is -2.33. The van der Waals surface area contributed by atoms with E-state index < -0.39 is 0 Å². The molecule has 0 bridgehead atoms. The average Bonchev–Trinajstić information content (AvgIpc) is 2.45. The first-order valence-electron chi connectivity index (χ1n) is 7.67. The largest absolute Gasteiger partial charge is 0.383 e. The molecule has 0 spiro atoms. The minimum atomic E-state index is 0.411. The fraction of sp³-hybridized carbons (Fsp3) is 0.647. The molecular weight excluding hydrogens is 248 g/mol. The van der Waals surface area contributed by atoms with Crippen LogP contribution in [0, 0.1) is 5.92 Å². The van der Waals surface area contributed by atoms with Gasteiger partial charge in [-0.15, -0.1) is 0 Å². The van der Waals surface area contributed by atoms with E-state index in [1.165, 1.54) is 5.56 Å². The number of rotatable bonds is 10. The first kappa shape index (κ1) is 17.2. The zero-order valence-electron chi connectivity index (χ0n) is 13.4. The number of nitrogens with one attached hydrogen (secondary N) is 1. The lowest BCUT2D eigenvalue weighted by Crippen LogP contribution is -2.39. The van der Waals surface area contributed by atoms with Gasteiger partial charge in [0, 0.05) is 32.8 Å². The second-order valence-electron chi connectivity index (χ2n) is 5.62. The van der Waals surface area contributed by atoms with Gasteiger partial charge in [0.25, 0.3) is 0 Å². The van der Waals surface area contributed by atoms with Gasteiger partial charge in [0.05, 0.1) is 6.61 Å². The Hall–Kier alpha value is -0.900. The topological polar surface area (TPSA) is 24.5 Å². The standard InChI is InChI=1S/C17H30N2O/c1-5-18-13-17(16-9-7-6-8-10-16)19(11-12-20-4)14-15(2)3/h6-10,15,17-18H,5,11-14H2,1-4H3. The van der Waals surface area contributed by atoms with Gasteiger partial charge < -0.3 is 10.1 Å². The highest BCUT2D eigenvalue weighted by molar-refractivity contribution is 5.19. The number of benzene rings is 1. The number of hydrogen-bond acceptors (Lipinski definition) is 3. The van der Waals surface area contributed by atoms with Crippen molar-refractivity contribution in [2.24, 2.45) is 5.92 Å². The predicted octanol–water partition coefficient (Wildman–Crippen LogP) is 2.94. The van der Waals surface area contributed by atoms with Crippen LogP contribution < -0.4 is 5.32 Å². The number of methoxy groups -OCH3 is 1. The molecule has 20 heavy (non-hydrogen) atoms. The summed E-state index contributed by atoms with van der Waals surface area (Å²) >= 11 is 0. The summed E-state index contributed by atoms with van der Waals surface area (Å²) in [7, 11) is 1.77. The zero-order valence-corrected chi connectivity index (χ0v) is 13.4. The van der Waals surface area contributed by atoms with E-state index >= 15 is 0 Å². The van der Waals surface area contributed by atoms with Crippen molar-refractivity contribution < 1.29 is 4.74 Å². The van der Waals surface area contributed by atoms with Crippen LogP contribution in [0.25, 0.3) is 0 Å². The van der Waals surface area contributed by atoms with Crippen molar-refractivity contribution in [1.82, 2.24) is 10.2 Å². The molecule has 1 aromatic carbocycles. The van der Waals surface area contributed by atoms with Crippen molar-refractivity contribution in [2.75, 3.05) is 39.9 Å². The van der Waals surface area contributed by atoms with Gasteiger partial charge in [0.15, 0.2) is 0 Å². The van der Waals surface area contributed by atoms with E-state index in [2.05, 4.69) is 61.3 Å². The molecule has 3 nitrogen and oxygen atoms in total. The molecule has 1 rings (SSSR count). The molecule has 1 N–H and O–H groups in total. The maximum absolute atomic E-state index is 5.28. The molecule has 0 amide bonds. The van der Waals surface area contributed by atoms with Gasteiger partial charge in [0.1, 0.15) is 0 Å². The first-order chi connectivity index (χ1) is 9.69. The summed E-state index contributed by atoms with van der Waals surface area (Å²) in [5.41, 5.74) is 1.38. The Labute approximate surface area is 124 Å². The van der Waals surface area contributed by atoms with Crippen molar-refractivity contribution in [2.45, 2.75) is 26.8 Å². The van der Waals surface area contributed by atoms with Crippen LogP contribution >= 0.6 is 0 Å². The third-order valence-corrected chi connectivity index (χ3v) is 3.40. The molecule has 0 saturated heterocycles. The summed E-state index contributed by atoms with van der Waals surface area (Å²) in [6.45, 7) is 11.5. The Morgan fingerprint density at radius 3 is 2.45 bits per heavy atom. The Kier molecular flexibility index (Phi) is 8.51. The van der Waals surface area contributed by atoms with E-state index in [9.17, 15) is 0 Å². The van der Waals surface area contributed by atoms with Crippen LogP contribution in [0.5, 0.6) is 0 Å². The maximum Gasteiger partial charge on any atom is 0.0589 e. The van der Waals surface area contributed by atoms with Gasteiger partial charge in [-0.1, -0.05) is 51.1 Å². The van der Waals surface area contributed by atoms with Gasteiger partial charge in [-0.05, 0) is 18.0 Å². The van der Waals surface area contributed by atoms with Crippen LogP contribution in [-0.2, 0) is 4.74 Å². The molecule has 1 unspecified atom stereocenters. The maximum atomic E-state index is 5.28. The molecule has 0 fully saturated rings. The van der Waals surface area contributed by atoms with Gasteiger partial charge in [-0.3, -0.25) is 4.90 Å². The number of hydrogen-bond donors (Lipinski definition) is 1. The molecule has 1 atom stereocenters. The zero-order chi connectivity index (χ0) is 14.8. The van der Waals surface area contributed by atoms with Gasteiger partial charge in [-0.25, -0.2) is 0 Å². The van der Waals surface area contributed by atoms with Crippen molar-refractivity contribution in [1.29, 1.82) is 0 Å². The van der Waals surface area contributed by atoms with E-state index in [0.717, 1.165) is 32.8 Å². The lowest BCUT2D eigenvalue weighted by molar-refractivity contribution is 0.109. The quantitative estimate of drug-likeness (QED) is 0.712. The van der Waals surface area contributed by atoms with Crippen molar-refractivity contribution in [3.63, 3.8) is 0 Å². The summed E-state index contributed by atoms with van der Waals surface area (Å²) in [6, 6.07) is 11.2. The molecule has 0 aromatic heterocycles. The lowest BCUT2D eigenvalue weighted by atomic mass is 10.0. The highest BCUT2D eigenvalue weighted by Gasteiger charge is 2.20. The van der Waals surface area contributed by atoms with Crippen LogP contribution in [0.15, 0.2) is 30.3 Å². The Bertz CT molecular complexity index is 340. The molecule has 0 aliphatic rings. The smallest absolute Gasteiger partial charge is 0.0589 e. The van der Waals surface area contributed by atoms with Crippen LogP contribution in [0.2, 0.25) is 0 Å². The van der Waals surface area contributed by atoms with Gasteiger partial charge in [-0.2, -0.15) is 0 Å². The molecule has 1 aromatic rings. The second kappa shape index (κ2) is 9.92. The Morgan fingerprint density at radius 2 is 1.90 bits per heavy atom. The van der Waals surface area contributed by atoms with Crippen molar-refractivity contribution in [3.8, 4) is 0 Å². The first-order valence-corrected chi connectivity index (χ1v) is 7.67.